The Labute approximate surface area is 131 Å². The zero-order valence-corrected chi connectivity index (χ0v) is 13.0. The lowest BCUT2D eigenvalue weighted by Crippen LogP contribution is -1.97. The van der Waals surface area contributed by atoms with E-state index in [9.17, 15) is 8.42 Å². The summed E-state index contributed by atoms with van der Waals surface area (Å²) >= 11 is 0. The Balaban J connectivity index is 2.12. The predicted molar refractivity (Wildman–Crippen MR) is 88.0 cm³/mol. The van der Waals surface area contributed by atoms with Crippen LogP contribution in [0.25, 0.3) is 6.08 Å². The number of hydrogen-bond acceptors (Lipinski definition) is 3. The molecule has 0 fully saturated rings. The van der Waals surface area contributed by atoms with Crippen LogP contribution in [0.4, 0.5) is 0 Å². The smallest absolute Gasteiger partial charge is 0.199 e. The zero-order valence-electron chi connectivity index (χ0n) is 12.2. The first-order valence-corrected chi connectivity index (χ1v) is 8.27. The SMILES string of the molecule is CC#CCOc1ccc(S(=O)(=O)C=Cc2ccccc2)cc1. The highest BCUT2D eigenvalue weighted by atomic mass is 32.2. The fourth-order valence-corrected chi connectivity index (χ4v) is 2.74. The average Bonchev–Trinajstić information content (AvgIpc) is 2.55. The van der Waals surface area contributed by atoms with E-state index in [4.69, 9.17) is 4.74 Å². The van der Waals surface area contributed by atoms with E-state index in [1.54, 1.807) is 25.1 Å². The number of sulfone groups is 1. The van der Waals surface area contributed by atoms with Crippen LogP contribution >= 0.6 is 0 Å². The molecule has 22 heavy (non-hydrogen) atoms. The van der Waals surface area contributed by atoms with Crippen LogP contribution in [0.15, 0.2) is 64.9 Å². The molecule has 2 aromatic carbocycles. The summed E-state index contributed by atoms with van der Waals surface area (Å²) in [6.45, 7) is 2.02. The van der Waals surface area contributed by atoms with Crippen LogP contribution in [0.5, 0.6) is 5.75 Å². The van der Waals surface area contributed by atoms with Crippen LogP contribution in [0, 0.1) is 11.8 Å². The minimum absolute atomic E-state index is 0.230. The van der Waals surface area contributed by atoms with Gasteiger partial charge in [0.25, 0.3) is 0 Å². The van der Waals surface area contributed by atoms with Crippen LogP contribution in [-0.4, -0.2) is 15.0 Å². The van der Waals surface area contributed by atoms with E-state index in [0.717, 1.165) is 5.56 Å². The van der Waals surface area contributed by atoms with Crippen molar-refractivity contribution in [3.63, 3.8) is 0 Å². The summed E-state index contributed by atoms with van der Waals surface area (Å²) in [7, 11) is -3.46. The first-order valence-electron chi connectivity index (χ1n) is 6.72. The highest BCUT2D eigenvalue weighted by Gasteiger charge is 2.10. The van der Waals surface area contributed by atoms with Gasteiger partial charge in [-0.3, -0.25) is 0 Å². The van der Waals surface area contributed by atoms with E-state index in [0.29, 0.717) is 5.75 Å². The lowest BCUT2D eigenvalue weighted by molar-refractivity contribution is 0.370. The van der Waals surface area contributed by atoms with Gasteiger partial charge in [0.05, 0.1) is 4.90 Å². The van der Waals surface area contributed by atoms with Crippen molar-refractivity contribution < 1.29 is 13.2 Å². The van der Waals surface area contributed by atoms with Gasteiger partial charge in [0.2, 0.25) is 0 Å². The Morgan fingerprint density at radius 1 is 1.05 bits per heavy atom. The second-order valence-electron chi connectivity index (χ2n) is 4.45. The van der Waals surface area contributed by atoms with Gasteiger partial charge >= 0.3 is 0 Å². The molecule has 0 atom stereocenters. The van der Waals surface area contributed by atoms with E-state index in [-0.39, 0.29) is 11.5 Å². The second-order valence-corrected chi connectivity index (χ2v) is 6.28. The number of ether oxygens (including phenoxy) is 1. The van der Waals surface area contributed by atoms with Crippen LogP contribution < -0.4 is 4.74 Å². The van der Waals surface area contributed by atoms with Crippen molar-refractivity contribution in [1.82, 2.24) is 0 Å². The van der Waals surface area contributed by atoms with Crippen molar-refractivity contribution in [2.24, 2.45) is 0 Å². The molecule has 0 N–H and O–H groups in total. The van der Waals surface area contributed by atoms with E-state index >= 15 is 0 Å². The average molecular weight is 312 g/mol. The van der Waals surface area contributed by atoms with Gasteiger partial charge in [0.15, 0.2) is 9.84 Å². The number of benzene rings is 2. The molecule has 0 radical (unpaired) electrons. The summed E-state index contributed by atoms with van der Waals surface area (Å²) in [5.74, 6) is 6.10. The molecular formula is C18H16O3S. The molecule has 112 valence electrons. The monoisotopic (exact) mass is 312 g/mol. The normalized spacial score (nSPS) is 11.0. The van der Waals surface area contributed by atoms with E-state index in [1.807, 2.05) is 30.3 Å². The molecule has 0 aliphatic heterocycles. The standard InChI is InChI=1S/C18H16O3S/c1-2-3-14-21-17-9-11-18(12-10-17)22(19,20)15-13-16-7-5-4-6-8-16/h4-13,15H,14H2,1H3. The quantitative estimate of drug-likeness (QED) is 0.793. The molecule has 0 saturated carbocycles. The van der Waals surface area contributed by atoms with Crippen LogP contribution in [0.2, 0.25) is 0 Å². The van der Waals surface area contributed by atoms with Crippen LogP contribution in [-0.2, 0) is 9.84 Å². The molecule has 0 spiro atoms. The zero-order chi connectivity index (χ0) is 15.8. The van der Waals surface area contributed by atoms with Gasteiger partial charge in [-0.25, -0.2) is 8.42 Å². The summed E-state index contributed by atoms with van der Waals surface area (Å²) in [4.78, 5) is 0.230. The van der Waals surface area contributed by atoms with Crippen molar-refractivity contribution in [2.75, 3.05) is 6.61 Å². The molecular weight excluding hydrogens is 296 g/mol. The Kier molecular flexibility index (Phi) is 5.40. The van der Waals surface area contributed by atoms with Crippen molar-refractivity contribution >= 4 is 15.9 Å². The maximum atomic E-state index is 12.2. The van der Waals surface area contributed by atoms with Crippen LogP contribution in [0.1, 0.15) is 12.5 Å². The third kappa shape index (κ3) is 4.51. The molecule has 0 aliphatic rings. The van der Waals surface area contributed by atoms with Crippen molar-refractivity contribution in [3.8, 4) is 17.6 Å². The summed E-state index contributed by atoms with van der Waals surface area (Å²) in [5.41, 5.74) is 0.837. The molecule has 0 heterocycles. The molecule has 0 aliphatic carbocycles. The number of rotatable bonds is 5. The molecule has 2 aromatic rings. The van der Waals surface area contributed by atoms with Gasteiger partial charge in [-0.1, -0.05) is 36.3 Å². The third-order valence-corrected chi connectivity index (χ3v) is 4.30. The van der Waals surface area contributed by atoms with Gasteiger partial charge in [0, 0.05) is 5.41 Å². The predicted octanol–water partition coefficient (Wildman–Crippen LogP) is 3.53. The molecule has 0 aromatic heterocycles. The maximum absolute atomic E-state index is 12.2. The first kappa shape index (κ1) is 15.9. The molecule has 3 nitrogen and oxygen atoms in total. The lowest BCUT2D eigenvalue weighted by Gasteiger charge is -2.03. The molecule has 0 unspecified atom stereocenters. The van der Waals surface area contributed by atoms with E-state index < -0.39 is 9.84 Å². The van der Waals surface area contributed by atoms with Gasteiger partial charge < -0.3 is 4.74 Å². The van der Waals surface area contributed by atoms with Gasteiger partial charge in [-0.2, -0.15) is 0 Å². The summed E-state index contributed by atoms with van der Waals surface area (Å²) < 4.78 is 29.8. The maximum Gasteiger partial charge on any atom is 0.199 e. The largest absolute Gasteiger partial charge is 0.481 e. The molecule has 2 rings (SSSR count). The van der Waals surface area contributed by atoms with Crippen molar-refractivity contribution in [2.45, 2.75) is 11.8 Å². The Bertz CT molecular complexity index is 793. The third-order valence-electron chi connectivity index (χ3n) is 2.88. The molecule has 4 heteroatoms. The number of hydrogen-bond donors (Lipinski definition) is 0. The summed E-state index contributed by atoms with van der Waals surface area (Å²) in [6, 6.07) is 15.6. The highest BCUT2D eigenvalue weighted by molar-refractivity contribution is 7.94. The highest BCUT2D eigenvalue weighted by Crippen LogP contribution is 2.18. The molecule has 0 bridgehead atoms. The first-order chi connectivity index (χ1) is 10.6. The fraction of sp³-hybridized carbons (Fsp3) is 0.111. The molecule has 0 amide bonds. The van der Waals surface area contributed by atoms with Gasteiger partial charge in [0.1, 0.15) is 12.4 Å². The minimum atomic E-state index is -3.46. The molecule has 0 saturated heterocycles. The fourth-order valence-electron chi connectivity index (χ4n) is 1.73. The Morgan fingerprint density at radius 3 is 2.36 bits per heavy atom. The summed E-state index contributed by atoms with van der Waals surface area (Å²) in [5, 5.41) is 1.21. The van der Waals surface area contributed by atoms with Crippen LogP contribution in [0.3, 0.4) is 0 Å². The lowest BCUT2D eigenvalue weighted by atomic mass is 10.2. The van der Waals surface area contributed by atoms with E-state index in [2.05, 4.69) is 11.8 Å². The summed E-state index contributed by atoms with van der Waals surface area (Å²) in [6.07, 6.45) is 1.58. The van der Waals surface area contributed by atoms with Crippen molar-refractivity contribution in [1.29, 1.82) is 0 Å². The van der Waals surface area contributed by atoms with Gasteiger partial charge in [-0.15, -0.1) is 5.92 Å². The van der Waals surface area contributed by atoms with Crippen molar-refractivity contribution in [3.05, 3.63) is 65.6 Å². The van der Waals surface area contributed by atoms with E-state index in [1.165, 1.54) is 17.5 Å². The topological polar surface area (TPSA) is 43.4 Å². The second kappa shape index (κ2) is 7.48. The Hall–Kier alpha value is -2.51. The minimum Gasteiger partial charge on any atom is -0.481 e. The Morgan fingerprint density at radius 2 is 1.73 bits per heavy atom. The van der Waals surface area contributed by atoms with Gasteiger partial charge in [-0.05, 0) is 42.8 Å².